The highest BCUT2D eigenvalue weighted by molar-refractivity contribution is 4.84. The third-order valence-electron chi connectivity index (χ3n) is 4.72. The second-order valence-electron chi connectivity index (χ2n) is 5.88. The first-order valence-corrected chi connectivity index (χ1v) is 7.23. The summed E-state index contributed by atoms with van der Waals surface area (Å²) < 4.78 is 0. The third-order valence-corrected chi connectivity index (χ3v) is 4.72. The number of rotatable bonds is 5. The van der Waals surface area contributed by atoms with Crippen molar-refractivity contribution in [3.8, 4) is 0 Å². The maximum atomic E-state index is 3.76. The second kappa shape index (κ2) is 6.02. The van der Waals surface area contributed by atoms with Gasteiger partial charge in [0.05, 0.1) is 0 Å². The number of nitrogens with one attached hydrogen (secondary N) is 1. The van der Waals surface area contributed by atoms with Gasteiger partial charge in [0.1, 0.15) is 0 Å². The van der Waals surface area contributed by atoms with Gasteiger partial charge in [-0.15, -0.1) is 0 Å². The van der Waals surface area contributed by atoms with Crippen LogP contribution < -0.4 is 5.32 Å². The van der Waals surface area contributed by atoms with E-state index in [1.807, 2.05) is 0 Å². The zero-order valence-electron chi connectivity index (χ0n) is 11.0. The first kappa shape index (κ1) is 12.4. The van der Waals surface area contributed by atoms with Crippen molar-refractivity contribution in [2.24, 2.45) is 11.8 Å². The van der Waals surface area contributed by atoms with Gasteiger partial charge in [-0.25, -0.2) is 0 Å². The van der Waals surface area contributed by atoms with E-state index in [9.17, 15) is 0 Å². The molecular formula is C14H28N2. The zero-order chi connectivity index (χ0) is 11.4. The summed E-state index contributed by atoms with van der Waals surface area (Å²) in [5.41, 5.74) is 0. The molecule has 1 aliphatic heterocycles. The van der Waals surface area contributed by atoms with E-state index < -0.39 is 0 Å². The predicted octanol–water partition coefficient (Wildman–Crippen LogP) is 2.50. The summed E-state index contributed by atoms with van der Waals surface area (Å²) in [4.78, 5) is 2.61. The molecule has 0 bridgehead atoms. The Morgan fingerprint density at radius 3 is 2.50 bits per heavy atom. The molecule has 94 valence electrons. The van der Waals surface area contributed by atoms with Crippen LogP contribution in [-0.2, 0) is 0 Å². The molecular weight excluding hydrogens is 196 g/mol. The predicted molar refractivity (Wildman–Crippen MR) is 69.6 cm³/mol. The molecule has 1 saturated carbocycles. The normalized spacial score (nSPS) is 36.0. The Morgan fingerprint density at radius 1 is 1.12 bits per heavy atom. The quantitative estimate of drug-likeness (QED) is 0.722. The molecule has 2 aliphatic rings. The summed E-state index contributed by atoms with van der Waals surface area (Å²) in [6.45, 7) is 10.0. The van der Waals surface area contributed by atoms with Gasteiger partial charge in [0, 0.05) is 6.04 Å². The molecule has 1 N–H and O–H groups in total. The fourth-order valence-electron chi connectivity index (χ4n) is 3.25. The molecule has 16 heavy (non-hydrogen) atoms. The van der Waals surface area contributed by atoms with E-state index in [0.717, 1.165) is 17.9 Å². The Kier molecular flexibility index (Phi) is 4.66. The molecule has 2 nitrogen and oxygen atoms in total. The maximum absolute atomic E-state index is 3.76. The van der Waals surface area contributed by atoms with Crippen LogP contribution in [0.5, 0.6) is 0 Å². The summed E-state index contributed by atoms with van der Waals surface area (Å²) in [7, 11) is 0. The molecule has 0 aromatic rings. The first-order valence-electron chi connectivity index (χ1n) is 7.23. The largest absolute Gasteiger partial charge is 0.314 e. The first-order chi connectivity index (χ1) is 7.77. The lowest BCUT2D eigenvalue weighted by atomic mass is 9.98. The smallest absolute Gasteiger partial charge is 0.00953 e. The minimum absolute atomic E-state index is 0.800. The summed E-state index contributed by atoms with van der Waals surface area (Å²) >= 11 is 0. The third kappa shape index (κ3) is 3.21. The average Bonchev–Trinajstić information content (AvgIpc) is 2.88. The van der Waals surface area contributed by atoms with Crippen LogP contribution in [0.1, 0.15) is 46.0 Å². The van der Waals surface area contributed by atoms with Crippen LogP contribution in [-0.4, -0.2) is 37.1 Å². The van der Waals surface area contributed by atoms with Crippen molar-refractivity contribution >= 4 is 0 Å². The molecule has 0 spiro atoms. The molecule has 0 aromatic carbocycles. The number of hydrogen-bond acceptors (Lipinski definition) is 2. The van der Waals surface area contributed by atoms with E-state index in [0.29, 0.717) is 0 Å². The van der Waals surface area contributed by atoms with Crippen molar-refractivity contribution in [2.75, 3.05) is 26.2 Å². The van der Waals surface area contributed by atoms with Crippen molar-refractivity contribution in [3.05, 3.63) is 0 Å². The Bertz CT molecular complexity index is 199. The van der Waals surface area contributed by atoms with E-state index in [-0.39, 0.29) is 0 Å². The van der Waals surface area contributed by atoms with Crippen LogP contribution in [0, 0.1) is 11.8 Å². The van der Waals surface area contributed by atoms with E-state index >= 15 is 0 Å². The minimum Gasteiger partial charge on any atom is -0.314 e. The summed E-state index contributed by atoms with van der Waals surface area (Å²) in [6, 6.07) is 0.800. The van der Waals surface area contributed by atoms with Gasteiger partial charge in [-0.1, -0.05) is 13.8 Å². The monoisotopic (exact) mass is 224 g/mol. The SMILES string of the molecule is CC1CCC(NCCCN2CCCC2)C1C. The summed E-state index contributed by atoms with van der Waals surface area (Å²) in [5, 5.41) is 3.76. The molecule has 0 radical (unpaired) electrons. The Labute approximate surface area is 101 Å². The number of likely N-dealkylation sites (tertiary alicyclic amines) is 1. The lowest BCUT2D eigenvalue weighted by molar-refractivity contribution is 0.317. The van der Waals surface area contributed by atoms with Crippen LogP contribution >= 0.6 is 0 Å². The molecule has 2 fully saturated rings. The molecule has 2 heteroatoms. The van der Waals surface area contributed by atoms with Gasteiger partial charge in [0.2, 0.25) is 0 Å². The molecule has 3 unspecified atom stereocenters. The van der Waals surface area contributed by atoms with Crippen LogP contribution in [0.2, 0.25) is 0 Å². The van der Waals surface area contributed by atoms with Crippen LogP contribution in [0.3, 0.4) is 0 Å². The Balaban J connectivity index is 1.54. The highest BCUT2D eigenvalue weighted by Crippen LogP contribution is 2.30. The van der Waals surface area contributed by atoms with Gasteiger partial charge in [-0.05, 0) is 70.1 Å². The lowest BCUT2D eigenvalue weighted by Crippen LogP contribution is -2.34. The fraction of sp³-hybridized carbons (Fsp3) is 1.00. The minimum atomic E-state index is 0.800. The number of nitrogens with zero attached hydrogens (tertiary/aromatic N) is 1. The van der Waals surface area contributed by atoms with Crippen molar-refractivity contribution in [1.29, 1.82) is 0 Å². The Hall–Kier alpha value is -0.0800. The molecule has 0 amide bonds. The molecule has 2 rings (SSSR count). The van der Waals surface area contributed by atoms with Crippen molar-refractivity contribution in [1.82, 2.24) is 10.2 Å². The van der Waals surface area contributed by atoms with E-state index in [2.05, 4.69) is 24.1 Å². The van der Waals surface area contributed by atoms with Gasteiger partial charge in [0.15, 0.2) is 0 Å². The van der Waals surface area contributed by atoms with E-state index in [1.165, 1.54) is 58.3 Å². The fourth-order valence-corrected chi connectivity index (χ4v) is 3.25. The standard InChI is InChI=1S/C14H28N2/c1-12-6-7-14(13(12)2)15-8-5-11-16-9-3-4-10-16/h12-15H,3-11H2,1-2H3. The highest BCUT2D eigenvalue weighted by Gasteiger charge is 2.28. The van der Waals surface area contributed by atoms with Gasteiger partial charge in [-0.2, -0.15) is 0 Å². The van der Waals surface area contributed by atoms with E-state index in [1.54, 1.807) is 0 Å². The molecule has 0 aromatic heterocycles. The topological polar surface area (TPSA) is 15.3 Å². The average molecular weight is 224 g/mol. The summed E-state index contributed by atoms with van der Waals surface area (Å²) in [5.74, 6) is 1.81. The van der Waals surface area contributed by atoms with Crippen molar-refractivity contribution in [3.63, 3.8) is 0 Å². The maximum Gasteiger partial charge on any atom is 0.00953 e. The lowest BCUT2D eigenvalue weighted by Gasteiger charge is -2.20. The zero-order valence-corrected chi connectivity index (χ0v) is 11.0. The van der Waals surface area contributed by atoms with Gasteiger partial charge in [0.25, 0.3) is 0 Å². The molecule has 1 saturated heterocycles. The summed E-state index contributed by atoms with van der Waals surface area (Å²) in [6.07, 6.45) is 6.99. The Morgan fingerprint density at radius 2 is 1.88 bits per heavy atom. The van der Waals surface area contributed by atoms with Gasteiger partial charge in [-0.3, -0.25) is 0 Å². The highest BCUT2D eigenvalue weighted by atomic mass is 15.1. The molecule has 1 heterocycles. The van der Waals surface area contributed by atoms with Crippen molar-refractivity contribution < 1.29 is 0 Å². The number of hydrogen-bond donors (Lipinski definition) is 1. The van der Waals surface area contributed by atoms with Gasteiger partial charge >= 0.3 is 0 Å². The van der Waals surface area contributed by atoms with E-state index in [4.69, 9.17) is 0 Å². The van der Waals surface area contributed by atoms with Crippen LogP contribution in [0.4, 0.5) is 0 Å². The second-order valence-corrected chi connectivity index (χ2v) is 5.88. The van der Waals surface area contributed by atoms with Crippen molar-refractivity contribution in [2.45, 2.75) is 52.0 Å². The van der Waals surface area contributed by atoms with Crippen LogP contribution in [0.25, 0.3) is 0 Å². The van der Waals surface area contributed by atoms with Crippen LogP contribution in [0.15, 0.2) is 0 Å². The van der Waals surface area contributed by atoms with Gasteiger partial charge < -0.3 is 10.2 Å². The molecule has 3 atom stereocenters. The molecule has 1 aliphatic carbocycles.